The SMILES string of the molecule is CC(C)COc1ccc(NCC(=O)NCc2ccc(OC(C)C)cc2)cc1. The molecule has 0 bridgehead atoms. The number of carbonyl (C=O) groups is 1. The minimum atomic E-state index is -0.0577. The largest absolute Gasteiger partial charge is 0.493 e. The average molecular weight is 370 g/mol. The molecule has 5 heteroatoms. The fourth-order valence-corrected chi connectivity index (χ4v) is 2.34. The molecule has 1 amide bonds. The lowest BCUT2D eigenvalue weighted by molar-refractivity contribution is -0.119. The number of nitrogens with one attached hydrogen (secondary N) is 2. The number of benzene rings is 2. The van der Waals surface area contributed by atoms with Gasteiger partial charge in [0.15, 0.2) is 0 Å². The van der Waals surface area contributed by atoms with Crippen molar-refractivity contribution in [3.8, 4) is 11.5 Å². The molecule has 0 atom stereocenters. The highest BCUT2D eigenvalue weighted by atomic mass is 16.5. The summed E-state index contributed by atoms with van der Waals surface area (Å²) < 4.78 is 11.3. The first-order valence-corrected chi connectivity index (χ1v) is 9.41. The van der Waals surface area contributed by atoms with Gasteiger partial charge in [-0.3, -0.25) is 4.79 Å². The van der Waals surface area contributed by atoms with Crippen LogP contribution in [-0.2, 0) is 11.3 Å². The van der Waals surface area contributed by atoms with E-state index in [1.54, 1.807) is 0 Å². The maximum absolute atomic E-state index is 12.0. The molecular formula is C22H30N2O3. The number of hydrogen-bond donors (Lipinski definition) is 2. The first-order valence-electron chi connectivity index (χ1n) is 9.41. The Morgan fingerprint density at radius 1 is 0.926 bits per heavy atom. The number of anilines is 1. The molecule has 2 aromatic carbocycles. The zero-order chi connectivity index (χ0) is 19.6. The fourth-order valence-electron chi connectivity index (χ4n) is 2.34. The van der Waals surface area contributed by atoms with Crippen molar-refractivity contribution in [3.63, 3.8) is 0 Å². The van der Waals surface area contributed by atoms with E-state index in [-0.39, 0.29) is 18.6 Å². The van der Waals surface area contributed by atoms with Crippen LogP contribution >= 0.6 is 0 Å². The van der Waals surface area contributed by atoms with Gasteiger partial charge in [-0.25, -0.2) is 0 Å². The molecule has 0 fully saturated rings. The van der Waals surface area contributed by atoms with Crippen LogP contribution in [0.2, 0.25) is 0 Å². The molecule has 2 N–H and O–H groups in total. The first-order chi connectivity index (χ1) is 12.9. The quantitative estimate of drug-likeness (QED) is 0.657. The third-order valence-electron chi connectivity index (χ3n) is 3.68. The summed E-state index contributed by atoms with van der Waals surface area (Å²) >= 11 is 0. The third kappa shape index (κ3) is 8.03. The summed E-state index contributed by atoms with van der Waals surface area (Å²) in [4.78, 5) is 12.0. The third-order valence-corrected chi connectivity index (χ3v) is 3.68. The van der Waals surface area contributed by atoms with Crippen molar-refractivity contribution in [2.45, 2.75) is 40.3 Å². The second-order valence-corrected chi connectivity index (χ2v) is 7.17. The summed E-state index contributed by atoms with van der Waals surface area (Å²) in [5.74, 6) is 2.11. The molecule has 0 aliphatic rings. The molecule has 0 aliphatic heterocycles. The van der Waals surface area contributed by atoms with Crippen molar-refractivity contribution in [2.75, 3.05) is 18.5 Å². The highest BCUT2D eigenvalue weighted by molar-refractivity contribution is 5.80. The van der Waals surface area contributed by atoms with E-state index in [4.69, 9.17) is 9.47 Å². The van der Waals surface area contributed by atoms with E-state index >= 15 is 0 Å². The Labute approximate surface area is 162 Å². The van der Waals surface area contributed by atoms with Crippen LogP contribution in [0.5, 0.6) is 11.5 Å². The number of amides is 1. The standard InChI is InChI=1S/C22H30N2O3/c1-16(2)15-26-20-11-7-19(8-12-20)23-14-22(25)24-13-18-5-9-21(10-6-18)27-17(3)4/h5-12,16-17,23H,13-15H2,1-4H3,(H,24,25). The maximum atomic E-state index is 12.0. The van der Waals surface area contributed by atoms with Crippen LogP contribution in [0.25, 0.3) is 0 Å². The van der Waals surface area contributed by atoms with Crippen LogP contribution < -0.4 is 20.1 Å². The normalized spacial score (nSPS) is 10.7. The van der Waals surface area contributed by atoms with Gasteiger partial charge in [-0.05, 0) is 61.7 Å². The Bertz CT molecular complexity index is 695. The average Bonchev–Trinajstić information content (AvgIpc) is 2.64. The van der Waals surface area contributed by atoms with E-state index in [1.165, 1.54) is 0 Å². The summed E-state index contributed by atoms with van der Waals surface area (Å²) in [6, 6.07) is 15.4. The van der Waals surface area contributed by atoms with Crippen molar-refractivity contribution in [1.82, 2.24) is 5.32 Å². The van der Waals surface area contributed by atoms with Crippen LogP contribution in [0, 0.1) is 5.92 Å². The molecule has 146 valence electrons. The summed E-state index contributed by atoms with van der Waals surface area (Å²) in [6.07, 6.45) is 0.150. The smallest absolute Gasteiger partial charge is 0.239 e. The number of rotatable bonds is 10. The Balaban J connectivity index is 1.71. The van der Waals surface area contributed by atoms with E-state index in [0.29, 0.717) is 19.1 Å². The zero-order valence-electron chi connectivity index (χ0n) is 16.6. The van der Waals surface area contributed by atoms with E-state index in [1.807, 2.05) is 62.4 Å². The van der Waals surface area contributed by atoms with E-state index in [9.17, 15) is 4.79 Å². The van der Waals surface area contributed by atoms with Gasteiger partial charge in [0.05, 0.1) is 19.3 Å². The monoisotopic (exact) mass is 370 g/mol. The maximum Gasteiger partial charge on any atom is 0.239 e. The zero-order valence-corrected chi connectivity index (χ0v) is 16.6. The topological polar surface area (TPSA) is 59.6 Å². The highest BCUT2D eigenvalue weighted by Crippen LogP contribution is 2.16. The molecule has 27 heavy (non-hydrogen) atoms. The van der Waals surface area contributed by atoms with E-state index in [2.05, 4.69) is 24.5 Å². The molecule has 0 saturated heterocycles. The van der Waals surface area contributed by atoms with Crippen LogP contribution in [-0.4, -0.2) is 25.2 Å². The Kier molecular flexibility index (Phi) is 7.99. The highest BCUT2D eigenvalue weighted by Gasteiger charge is 2.03. The van der Waals surface area contributed by atoms with Crippen LogP contribution in [0.4, 0.5) is 5.69 Å². The number of ether oxygens (including phenoxy) is 2. The van der Waals surface area contributed by atoms with Crippen molar-refractivity contribution in [1.29, 1.82) is 0 Å². The van der Waals surface area contributed by atoms with Crippen LogP contribution in [0.1, 0.15) is 33.3 Å². The van der Waals surface area contributed by atoms with Gasteiger partial charge in [0, 0.05) is 12.2 Å². The Hall–Kier alpha value is -2.69. The van der Waals surface area contributed by atoms with Crippen molar-refractivity contribution < 1.29 is 14.3 Å². The number of hydrogen-bond acceptors (Lipinski definition) is 4. The van der Waals surface area contributed by atoms with Gasteiger partial charge in [-0.1, -0.05) is 26.0 Å². The molecule has 0 saturated carbocycles. The van der Waals surface area contributed by atoms with Gasteiger partial charge in [0.25, 0.3) is 0 Å². The molecule has 0 radical (unpaired) electrons. The van der Waals surface area contributed by atoms with Crippen LogP contribution in [0.3, 0.4) is 0 Å². The second-order valence-electron chi connectivity index (χ2n) is 7.17. The lowest BCUT2D eigenvalue weighted by Gasteiger charge is -2.11. The minimum absolute atomic E-state index is 0.0577. The van der Waals surface area contributed by atoms with Gasteiger partial charge in [0.1, 0.15) is 11.5 Å². The summed E-state index contributed by atoms with van der Waals surface area (Å²) in [5.41, 5.74) is 1.92. The molecule has 2 rings (SSSR count). The Morgan fingerprint density at radius 2 is 1.56 bits per heavy atom. The first kappa shape index (κ1) is 20.6. The second kappa shape index (κ2) is 10.5. The summed E-state index contributed by atoms with van der Waals surface area (Å²) in [6.45, 7) is 9.62. The van der Waals surface area contributed by atoms with Gasteiger partial charge < -0.3 is 20.1 Å². The summed E-state index contributed by atoms with van der Waals surface area (Å²) in [5, 5.41) is 6.02. The van der Waals surface area contributed by atoms with Crippen molar-refractivity contribution in [2.24, 2.45) is 5.92 Å². The fraction of sp³-hybridized carbons (Fsp3) is 0.409. The van der Waals surface area contributed by atoms with Gasteiger partial charge in [0.2, 0.25) is 5.91 Å². The van der Waals surface area contributed by atoms with Gasteiger partial charge >= 0.3 is 0 Å². The molecule has 0 unspecified atom stereocenters. The molecule has 2 aromatic rings. The molecule has 0 aliphatic carbocycles. The minimum Gasteiger partial charge on any atom is -0.493 e. The predicted molar refractivity (Wildman–Crippen MR) is 109 cm³/mol. The van der Waals surface area contributed by atoms with Crippen molar-refractivity contribution in [3.05, 3.63) is 54.1 Å². The lowest BCUT2D eigenvalue weighted by Crippen LogP contribution is -2.29. The van der Waals surface area contributed by atoms with E-state index in [0.717, 1.165) is 22.7 Å². The Morgan fingerprint density at radius 3 is 2.15 bits per heavy atom. The van der Waals surface area contributed by atoms with Crippen molar-refractivity contribution >= 4 is 11.6 Å². The molecule has 0 spiro atoms. The molecule has 0 heterocycles. The number of carbonyl (C=O) groups excluding carboxylic acids is 1. The van der Waals surface area contributed by atoms with Gasteiger partial charge in [-0.2, -0.15) is 0 Å². The summed E-state index contributed by atoms with van der Waals surface area (Å²) in [7, 11) is 0. The predicted octanol–water partition coefficient (Wildman–Crippen LogP) is 4.24. The molecular weight excluding hydrogens is 340 g/mol. The molecule has 0 aromatic heterocycles. The lowest BCUT2D eigenvalue weighted by atomic mass is 10.2. The van der Waals surface area contributed by atoms with Crippen LogP contribution in [0.15, 0.2) is 48.5 Å². The molecule has 5 nitrogen and oxygen atoms in total. The van der Waals surface area contributed by atoms with E-state index < -0.39 is 0 Å². The van der Waals surface area contributed by atoms with Gasteiger partial charge in [-0.15, -0.1) is 0 Å².